The standard InChI is InChI=1S/C17H18BrF3N4O2/c1-24-16(26)15(18)14(10-23-24)22-9-11-2-3-12(8-13(11)17(19,20)21)25-4-6-27-7-5-25/h2-3,8,10,22H,4-7,9H2,1H3. The van der Waals surface area contributed by atoms with Gasteiger partial charge in [-0.05, 0) is 33.6 Å². The van der Waals surface area contributed by atoms with Gasteiger partial charge in [0.25, 0.3) is 5.56 Å². The molecular weight excluding hydrogens is 429 g/mol. The Labute approximate surface area is 162 Å². The van der Waals surface area contributed by atoms with Gasteiger partial charge in [0.05, 0.1) is 30.7 Å². The van der Waals surface area contributed by atoms with E-state index in [1.165, 1.54) is 25.4 Å². The Morgan fingerprint density at radius 3 is 2.67 bits per heavy atom. The van der Waals surface area contributed by atoms with Crippen molar-refractivity contribution in [1.82, 2.24) is 9.78 Å². The highest BCUT2D eigenvalue weighted by molar-refractivity contribution is 9.10. The number of halogens is 4. The Balaban J connectivity index is 1.86. The largest absolute Gasteiger partial charge is 0.416 e. The Hall–Kier alpha value is -2.07. The predicted octanol–water partition coefficient (Wildman–Crippen LogP) is 3.01. The van der Waals surface area contributed by atoms with Crippen molar-refractivity contribution in [3.05, 3.63) is 50.3 Å². The van der Waals surface area contributed by atoms with Gasteiger partial charge in [0.2, 0.25) is 0 Å². The van der Waals surface area contributed by atoms with Crippen LogP contribution in [-0.4, -0.2) is 36.1 Å². The molecular formula is C17H18BrF3N4O2. The number of nitrogens with zero attached hydrogens (tertiary/aromatic N) is 3. The number of morpholine rings is 1. The number of aryl methyl sites for hydroxylation is 1. The van der Waals surface area contributed by atoms with Crippen LogP contribution in [0.25, 0.3) is 0 Å². The van der Waals surface area contributed by atoms with Gasteiger partial charge in [0.1, 0.15) is 4.47 Å². The predicted molar refractivity (Wildman–Crippen MR) is 99.0 cm³/mol. The molecule has 10 heteroatoms. The maximum Gasteiger partial charge on any atom is 0.416 e. The fourth-order valence-corrected chi connectivity index (χ4v) is 3.32. The third-order valence-electron chi connectivity index (χ3n) is 4.32. The monoisotopic (exact) mass is 446 g/mol. The number of rotatable bonds is 4. The lowest BCUT2D eigenvalue weighted by atomic mass is 10.0. The van der Waals surface area contributed by atoms with Gasteiger partial charge < -0.3 is 15.0 Å². The van der Waals surface area contributed by atoms with Crippen LogP contribution >= 0.6 is 15.9 Å². The molecule has 2 aromatic rings. The van der Waals surface area contributed by atoms with Crippen LogP contribution in [-0.2, 0) is 24.5 Å². The van der Waals surface area contributed by atoms with Crippen LogP contribution in [0.1, 0.15) is 11.1 Å². The van der Waals surface area contributed by atoms with Crippen LogP contribution in [0, 0.1) is 0 Å². The van der Waals surface area contributed by atoms with Crippen molar-refractivity contribution >= 4 is 27.3 Å². The van der Waals surface area contributed by atoms with E-state index < -0.39 is 11.7 Å². The molecule has 0 aliphatic carbocycles. The highest BCUT2D eigenvalue weighted by Gasteiger charge is 2.34. The van der Waals surface area contributed by atoms with Gasteiger partial charge in [0.15, 0.2) is 0 Å². The summed E-state index contributed by atoms with van der Waals surface area (Å²) in [6.45, 7) is 2.01. The van der Waals surface area contributed by atoms with E-state index in [9.17, 15) is 18.0 Å². The van der Waals surface area contributed by atoms with Gasteiger partial charge in [-0.15, -0.1) is 0 Å². The fraction of sp³-hybridized carbons (Fsp3) is 0.412. The lowest BCUT2D eigenvalue weighted by Crippen LogP contribution is -2.36. The summed E-state index contributed by atoms with van der Waals surface area (Å²) in [6, 6.07) is 4.30. The molecule has 0 bridgehead atoms. The molecule has 3 rings (SSSR count). The molecule has 0 atom stereocenters. The molecule has 0 saturated carbocycles. The van der Waals surface area contributed by atoms with Crippen LogP contribution < -0.4 is 15.8 Å². The highest BCUT2D eigenvalue weighted by atomic mass is 79.9. The summed E-state index contributed by atoms with van der Waals surface area (Å²) in [5, 5.41) is 6.72. The molecule has 1 fully saturated rings. The first-order valence-electron chi connectivity index (χ1n) is 8.26. The second-order valence-corrected chi connectivity index (χ2v) is 6.89. The van der Waals surface area contributed by atoms with Crippen molar-refractivity contribution in [1.29, 1.82) is 0 Å². The van der Waals surface area contributed by atoms with Crippen molar-refractivity contribution in [3.8, 4) is 0 Å². The maximum atomic E-state index is 13.6. The molecule has 1 aliphatic heterocycles. The quantitative estimate of drug-likeness (QED) is 0.781. The Morgan fingerprint density at radius 1 is 1.30 bits per heavy atom. The van der Waals surface area contributed by atoms with Crippen molar-refractivity contribution in [2.75, 3.05) is 36.5 Å². The summed E-state index contributed by atoms with van der Waals surface area (Å²) in [7, 11) is 1.49. The minimum atomic E-state index is -4.48. The number of benzene rings is 1. The van der Waals surface area contributed by atoms with Gasteiger partial charge >= 0.3 is 6.18 Å². The number of anilines is 2. The number of alkyl halides is 3. The highest BCUT2D eigenvalue weighted by Crippen LogP contribution is 2.35. The zero-order chi connectivity index (χ0) is 19.6. The van der Waals surface area contributed by atoms with E-state index in [1.807, 2.05) is 4.90 Å². The van der Waals surface area contributed by atoms with Crippen LogP contribution in [0.5, 0.6) is 0 Å². The summed E-state index contributed by atoms with van der Waals surface area (Å²) in [4.78, 5) is 13.7. The summed E-state index contributed by atoms with van der Waals surface area (Å²) in [5.41, 5.74) is -0.132. The second kappa shape index (κ2) is 7.89. The van der Waals surface area contributed by atoms with Crippen molar-refractivity contribution in [3.63, 3.8) is 0 Å². The first-order chi connectivity index (χ1) is 12.8. The van der Waals surface area contributed by atoms with Gasteiger partial charge in [-0.3, -0.25) is 4.79 Å². The van der Waals surface area contributed by atoms with Crippen molar-refractivity contribution in [2.45, 2.75) is 12.7 Å². The summed E-state index contributed by atoms with van der Waals surface area (Å²) in [6.07, 6.45) is -3.09. The van der Waals surface area contributed by atoms with E-state index in [2.05, 4.69) is 26.3 Å². The summed E-state index contributed by atoms with van der Waals surface area (Å²) in [5.74, 6) is 0. The molecule has 0 unspecified atom stereocenters. The lowest BCUT2D eigenvalue weighted by molar-refractivity contribution is -0.138. The average Bonchev–Trinajstić information content (AvgIpc) is 2.65. The first-order valence-corrected chi connectivity index (χ1v) is 9.05. The molecule has 0 spiro atoms. The third kappa shape index (κ3) is 4.44. The molecule has 6 nitrogen and oxygen atoms in total. The summed E-state index contributed by atoms with van der Waals surface area (Å²) < 4.78 is 47.3. The SMILES string of the molecule is Cn1ncc(NCc2ccc(N3CCOCC3)cc2C(F)(F)F)c(Br)c1=O. The van der Waals surface area contributed by atoms with Gasteiger partial charge in [-0.1, -0.05) is 6.07 Å². The Bertz CT molecular complexity index is 879. The molecule has 1 N–H and O–H groups in total. The minimum absolute atomic E-state index is 0.0899. The second-order valence-electron chi connectivity index (χ2n) is 6.09. The maximum absolute atomic E-state index is 13.6. The number of hydrogen-bond donors (Lipinski definition) is 1. The zero-order valence-corrected chi connectivity index (χ0v) is 16.1. The summed E-state index contributed by atoms with van der Waals surface area (Å²) >= 11 is 3.15. The van der Waals surface area contributed by atoms with E-state index in [0.717, 1.165) is 4.68 Å². The smallest absolute Gasteiger partial charge is 0.379 e. The molecule has 27 heavy (non-hydrogen) atoms. The molecule has 1 aliphatic rings. The molecule has 0 radical (unpaired) electrons. The van der Waals surface area contributed by atoms with Crippen molar-refractivity contribution in [2.24, 2.45) is 7.05 Å². The number of hydrogen-bond acceptors (Lipinski definition) is 5. The van der Waals surface area contributed by atoms with Crippen LogP contribution in [0.4, 0.5) is 24.5 Å². The zero-order valence-electron chi connectivity index (χ0n) is 14.5. The molecule has 1 saturated heterocycles. The lowest BCUT2D eigenvalue weighted by Gasteiger charge is -2.29. The third-order valence-corrected chi connectivity index (χ3v) is 5.09. The number of nitrogens with one attached hydrogen (secondary N) is 1. The van der Waals surface area contributed by atoms with Crippen molar-refractivity contribution < 1.29 is 17.9 Å². The van der Waals surface area contributed by atoms with E-state index in [0.29, 0.717) is 37.7 Å². The topological polar surface area (TPSA) is 59.4 Å². The van der Waals surface area contributed by atoms with E-state index in [1.54, 1.807) is 6.07 Å². The Kier molecular flexibility index (Phi) is 5.75. The van der Waals surface area contributed by atoms with E-state index in [-0.39, 0.29) is 22.1 Å². The molecule has 0 amide bonds. The fourth-order valence-electron chi connectivity index (χ4n) is 2.83. The minimum Gasteiger partial charge on any atom is -0.379 e. The molecule has 1 aromatic carbocycles. The molecule has 146 valence electrons. The molecule has 1 aromatic heterocycles. The first kappa shape index (κ1) is 19.7. The van der Waals surface area contributed by atoms with E-state index >= 15 is 0 Å². The normalized spacial score (nSPS) is 15.1. The van der Waals surface area contributed by atoms with Crippen LogP contribution in [0.15, 0.2) is 33.7 Å². The Morgan fingerprint density at radius 2 is 2.00 bits per heavy atom. The average molecular weight is 447 g/mol. The van der Waals surface area contributed by atoms with Gasteiger partial charge in [0, 0.05) is 32.4 Å². The number of ether oxygens (including phenoxy) is 1. The van der Waals surface area contributed by atoms with Crippen LogP contribution in [0.2, 0.25) is 0 Å². The van der Waals surface area contributed by atoms with E-state index in [4.69, 9.17) is 4.74 Å². The van der Waals surface area contributed by atoms with Gasteiger partial charge in [-0.25, -0.2) is 4.68 Å². The molecule has 2 heterocycles. The van der Waals surface area contributed by atoms with Crippen LogP contribution in [0.3, 0.4) is 0 Å². The number of aromatic nitrogens is 2. The van der Waals surface area contributed by atoms with Gasteiger partial charge in [-0.2, -0.15) is 18.3 Å².